The van der Waals surface area contributed by atoms with Gasteiger partial charge < -0.3 is 9.72 Å². The van der Waals surface area contributed by atoms with E-state index in [0.717, 1.165) is 30.0 Å². The predicted octanol–water partition coefficient (Wildman–Crippen LogP) is 2.83. The lowest BCUT2D eigenvalue weighted by molar-refractivity contribution is 0.0591. The zero-order chi connectivity index (χ0) is 21.5. The van der Waals surface area contributed by atoms with Crippen molar-refractivity contribution in [3.63, 3.8) is 0 Å². The van der Waals surface area contributed by atoms with E-state index in [1.54, 1.807) is 0 Å². The van der Waals surface area contributed by atoms with Gasteiger partial charge in [0.05, 0.1) is 24.1 Å². The average Bonchev–Trinajstić information content (AvgIpc) is 3.59. The minimum Gasteiger partial charge on any atom is -0.464 e. The van der Waals surface area contributed by atoms with Crippen LogP contribution in [0.25, 0.3) is 5.69 Å². The molecule has 1 aliphatic carbocycles. The maximum absolute atomic E-state index is 12.7. The Morgan fingerprint density at radius 1 is 1.29 bits per heavy atom. The smallest absolute Gasteiger partial charge is 0.358 e. The number of benzene rings is 1. The first-order chi connectivity index (χ1) is 15.0. The summed E-state index contributed by atoms with van der Waals surface area (Å²) in [5, 5.41) is 4.77. The highest BCUT2D eigenvalue weighted by Crippen LogP contribution is 2.38. The van der Waals surface area contributed by atoms with Gasteiger partial charge in [0.15, 0.2) is 5.69 Å². The zero-order valence-corrected chi connectivity index (χ0v) is 17.9. The maximum atomic E-state index is 12.7. The Kier molecular flexibility index (Phi) is 5.11. The summed E-state index contributed by atoms with van der Waals surface area (Å²) in [4.78, 5) is 34.8. The lowest BCUT2D eigenvalue weighted by Gasteiger charge is -2.27. The number of H-pyrrole nitrogens is 1. The number of para-hydroxylation sites is 1. The number of hydrogen-bond acceptors (Lipinski definition) is 6. The molecule has 31 heavy (non-hydrogen) atoms. The quantitative estimate of drug-likeness (QED) is 0.614. The van der Waals surface area contributed by atoms with E-state index in [4.69, 9.17) is 21.3 Å². The first-order valence-corrected chi connectivity index (χ1v) is 10.7. The van der Waals surface area contributed by atoms with Crippen LogP contribution < -0.4 is 5.56 Å². The van der Waals surface area contributed by atoms with Crippen LogP contribution in [0.4, 0.5) is 0 Å². The molecule has 0 radical (unpaired) electrons. The molecule has 3 aromatic rings. The summed E-state index contributed by atoms with van der Waals surface area (Å²) < 4.78 is 6.47. The molecular weight excluding hydrogens is 418 g/mol. The Hall–Kier alpha value is -2.97. The van der Waals surface area contributed by atoms with Crippen LogP contribution in [-0.4, -0.2) is 44.3 Å². The normalized spacial score (nSPS) is 16.2. The van der Waals surface area contributed by atoms with Gasteiger partial charge in [-0.3, -0.25) is 9.69 Å². The molecule has 0 saturated heterocycles. The van der Waals surface area contributed by atoms with Gasteiger partial charge in [-0.15, -0.1) is 0 Å². The molecule has 0 amide bonds. The van der Waals surface area contributed by atoms with Crippen molar-refractivity contribution < 1.29 is 9.53 Å². The van der Waals surface area contributed by atoms with E-state index in [1.807, 2.05) is 30.3 Å². The zero-order valence-electron chi connectivity index (χ0n) is 17.1. The third-order valence-corrected chi connectivity index (χ3v) is 6.20. The molecule has 1 saturated carbocycles. The van der Waals surface area contributed by atoms with Crippen LogP contribution >= 0.6 is 11.6 Å². The highest BCUT2D eigenvalue weighted by molar-refractivity contribution is 6.31. The van der Waals surface area contributed by atoms with Crippen molar-refractivity contribution in [3.05, 3.63) is 74.2 Å². The minimum absolute atomic E-state index is 0.0733. The predicted molar refractivity (Wildman–Crippen MR) is 115 cm³/mol. The summed E-state index contributed by atoms with van der Waals surface area (Å²) in [5.74, 6) is 0.677. The molecule has 2 aliphatic rings. The summed E-state index contributed by atoms with van der Waals surface area (Å²) in [5.41, 5.74) is 3.00. The second-order valence-corrected chi connectivity index (χ2v) is 8.33. The van der Waals surface area contributed by atoms with Crippen LogP contribution in [-0.2, 0) is 24.2 Å². The molecule has 160 valence electrons. The Bertz CT molecular complexity index is 1200. The fourth-order valence-electron chi connectivity index (χ4n) is 3.98. The molecule has 1 fully saturated rings. The standard InChI is InChI=1S/C22H22ClN5O3/c1-31-22(30)18-16(19(23)28(26-18)14-5-3-2-4-6-14)12-27-10-9-17-15(11-27)21(29)25-20(24-17)13-7-8-13/h2-6,13H,7-12H2,1H3,(H,24,25,29). The van der Waals surface area contributed by atoms with Crippen molar-refractivity contribution in [1.29, 1.82) is 0 Å². The van der Waals surface area contributed by atoms with Gasteiger partial charge in [0.2, 0.25) is 0 Å². The summed E-state index contributed by atoms with van der Waals surface area (Å²) in [6.07, 6.45) is 2.86. The molecule has 1 aromatic carbocycles. The van der Waals surface area contributed by atoms with E-state index < -0.39 is 5.97 Å². The number of halogens is 1. The Morgan fingerprint density at radius 3 is 2.77 bits per heavy atom. The van der Waals surface area contributed by atoms with Crippen LogP contribution in [0.1, 0.15) is 51.9 Å². The fourth-order valence-corrected chi connectivity index (χ4v) is 4.26. The number of aromatic nitrogens is 4. The Morgan fingerprint density at radius 2 is 2.06 bits per heavy atom. The van der Waals surface area contributed by atoms with Crippen molar-refractivity contribution in [2.45, 2.75) is 38.3 Å². The maximum Gasteiger partial charge on any atom is 0.358 e. The Labute approximate surface area is 183 Å². The second kappa shape index (κ2) is 7.94. The van der Waals surface area contributed by atoms with Crippen molar-refractivity contribution >= 4 is 17.6 Å². The highest BCUT2D eigenvalue weighted by Gasteiger charge is 2.30. The van der Waals surface area contributed by atoms with Crippen LogP contribution in [0, 0.1) is 0 Å². The molecule has 0 unspecified atom stereocenters. The summed E-state index contributed by atoms with van der Waals surface area (Å²) in [7, 11) is 1.32. The highest BCUT2D eigenvalue weighted by atomic mass is 35.5. The topological polar surface area (TPSA) is 93.1 Å². The molecule has 1 N–H and O–H groups in total. The summed E-state index contributed by atoms with van der Waals surface area (Å²) in [6, 6.07) is 9.38. The van der Waals surface area contributed by atoms with Crippen molar-refractivity contribution in [2.75, 3.05) is 13.7 Å². The summed E-state index contributed by atoms with van der Waals surface area (Å²) >= 11 is 6.66. The van der Waals surface area contributed by atoms with E-state index >= 15 is 0 Å². The van der Waals surface area contributed by atoms with Crippen LogP contribution in [0.2, 0.25) is 5.15 Å². The number of nitrogens with one attached hydrogen (secondary N) is 1. The molecule has 0 atom stereocenters. The first kappa shape index (κ1) is 20.0. The number of carbonyl (C=O) groups excluding carboxylic acids is 1. The van der Waals surface area contributed by atoms with Gasteiger partial charge in [-0.05, 0) is 25.0 Å². The SMILES string of the molecule is COC(=O)c1nn(-c2ccccc2)c(Cl)c1CN1CCc2nc(C3CC3)[nH]c(=O)c2C1. The number of methoxy groups -OCH3 is 1. The average molecular weight is 440 g/mol. The molecule has 3 heterocycles. The molecule has 0 bridgehead atoms. The Balaban J connectivity index is 1.45. The van der Waals surface area contributed by atoms with Crippen LogP contribution in [0.5, 0.6) is 0 Å². The lowest BCUT2D eigenvalue weighted by Crippen LogP contribution is -2.36. The van der Waals surface area contributed by atoms with Crippen molar-refractivity contribution in [3.8, 4) is 5.69 Å². The molecule has 1 aliphatic heterocycles. The first-order valence-electron chi connectivity index (χ1n) is 10.3. The van der Waals surface area contributed by atoms with E-state index in [0.29, 0.717) is 48.3 Å². The second-order valence-electron chi connectivity index (χ2n) is 7.97. The van der Waals surface area contributed by atoms with Gasteiger partial charge in [0.1, 0.15) is 11.0 Å². The van der Waals surface area contributed by atoms with Crippen molar-refractivity contribution in [1.82, 2.24) is 24.6 Å². The van der Waals surface area contributed by atoms with Gasteiger partial charge in [0.25, 0.3) is 5.56 Å². The molecule has 8 nitrogen and oxygen atoms in total. The van der Waals surface area contributed by atoms with Gasteiger partial charge in [-0.1, -0.05) is 29.8 Å². The summed E-state index contributed by atoms with van der Waals surface area (Å²) in [6.45, 7) is 1.52. The van der Waals surface area contributed by atoms with E-state index in [2.05, 4.69) is 15.0 Å². The molecule has 5 rings (SSSR count). The van der Waals surface area contributed by atoms with Crippen molar-refractivity contribution in [2.24, 2.45) is 0 Å². The number of nitrogens with zero attached hydrogens (tertiary/aromatic N) is 4. The van der Waals surface area contributed by atoms with Crippen LogP contribution in [0.15, 0.2) is 35.1 Å². The fraction of sp³-hybridized carbons (Fsp3) is 0.364. The monoisotopic (exact) mass is 439 g/mol. The lowest BCUT2D eigenvalue weighted by atomic mass is 10.1. The number of rotatable bonds is 5. The van der Waals surface area contributed by atoms with E-state index in [1.165, 1.54) is 11.8 Å². The van der Waals surface area contributed by atoms with Gasteiger partial charge in [0, 0.05) is 37.5 Å². The van der Waals surface area contributed by atoms with E-state index in [9.17, 15) is 9.59 Å². The third-order valence-electron chi connectivity index (χ3n) is 5.81. The van der Waals surface area contributed by atoms with E-state index in [-0.39, 0.29) is 11.3 Å². The van der Waals surface area contributed by atoms with Gasteiger partial charge in [-0.25, -0.2) is 14.5 Å². The third kappa shape index (κ3) is 3.77. The molecule has 0 spiro atoms. The van der Waals surface area contributed by atoms with Gasteiger partial charge >= 0.3 is 5.97 Å². The largest absolute Gasteiger partial charge is 0.464 e. The molecule has 2 aromatic heterocycles. The minimum atomic E-state index is -0.544. The number of aromatic amines is 1. The van der Waals surface area contributed by atoms with Gasteiger partial charge in [-0.2, -0.15) is 5.10 Å². The molecule has 9 heteroatoms. The number of carbonyl (C=O) groups is 1. The van der Waals surface area contributed by atoms with Crippen LogP contribution in [0.3, 0.4) is 0 Å². The number of fused-ring (bicyclic) bond motifs is 1. The number of ether oxygens (including phenoxy) is 1. The molecular formula is C22H22ClN5O3. The number of hydrogen-bond donors (Lipinski definition) is 1. The number of esters is 1.